The van der Waals surface area contributed by atoms with Crippen LogP contribution in [0.4, 0.5) is 0 Å². The van der Waals surface area contributed by atoms with Crippen LogP contribution in [0, 0.1) is 0 Å². The Morgan fingerprint density at radius 3 is 1.70 bits per heavy atom. The summed E-state index contributed by atoms with van der Waals surface area (Å²) in [6.07, 6.45) is 0. The van der Waals surface area contributed by atoms with E-state index >= 15 is 0 Å². The van der Waals surface area contributed by atoms with Crippen LogP contribution < -0.4 is 0 Å². The van der Waals surface area contributed by atoms with Crippen LogP contribution in [0.25, 0.3) is 119 Å². The minimum Gasteiger partial charge on any atom is -0.455 e. The lowest BCUT2D eigenvalue weighted by molar-refractivity contribution is 0.670. The molecule has 0 N–H and O–H groups in total. The summed E-state index contributed by atoms with van der Waals surface area (Å²) in [6.45, 7) is 0. The van der Waals surface area contributed by atoms with E-state index in [0.29, 0.717) is 17.5 Å². The van der Waals surface area contributed by atoms with E-state index in [2.05, 4.69) is 103 Å². The average molecular weight is 764 g/mol. The highest BCUT2D eigenvalue weighted by Crippen LogP contribution is 2.47. The van der Waals surface area contributed by atoms with Gasteiger partial charge in [-0.15, -0.1) is 22.7 Å². The van der Waals surface area contributed by atoms with Crippen LogP contribution in [0.2, 0.25) is 0 Å². The molecule has 0 aliphatic carbocycles. The van der Waals surface area contributed by atoms with Gasteiger partial charge in [0.1, 0.15) is 11.2 Å². The summed E-state index contributed by atoms with van der Waals surface area (Å²) in [5.41, 5.74) is 8.98. The van der Waals surface area contributed by atoms with Gasteiger partial charge >= 0.3 is 0 Å². The number of thiophene rings is 2. The summed E-state index contributed by atoms with van der Waals surface area (Å²) in [7, 11) is 0. The molecule has 57 heavy (non-hydrogen) atoms. The van der Waals surface area contributed by atoms with Crippen LogP contribution in [-0.4, -0.2) is 15.0 Å². The number of aromatic nitrogens is 3. The highest BCUT2D eigenvalue weighted by molar-refractivity contribution is 7.26. The first-order valence-electron chi connectivity index (χ1n) is 18.9. The molecule has 4 heterocycles. The molecule has 266 valence electrons. The molecule has 8 aromatic carbocycles. The molecule has 0 aliphatic heterocycles. The van der Waals surface area contributed by atoms with Crippen molar-refractivity contribution in [2.24, 2.45) is 0 Å². The van der Waals surface area contributed by atoms with Crippen LogP contribution in [-0.2, 0) is 0 Å². The van der Waals surface area contributed by atoms with E-state index in [9.17, 15) is 0 Å². The second kappa shape index (κ2) is 12.8. The Morgan fingerprint density at radius 2 is 0.930 bits per heavy atom. The number of nitrogens with zero attached hydrogens (tertiary/aromatic N) is 3. The van der Waals surface area contributed by atoms with E-state index < -0.39 is 0 Å². The maximum absolute atomic E-state index is 6.88. The van der Waals surface area contributed by atoms with Gasteiger partial charge in [-0.05, 0) is 59.2 Å². The first-order valence-corrected chi connectivity index (χ1v) is 20.6. The van der Waals surface area contributed by atoms with Crippen molar-refractivity contribution >= 4 is 85.0 Å². The fourth-order valence-electron chi connectivity index (χ4n) is 8.32. The quantitative estimate of drug-likeness (QED) is 0.175. The van der Waals surface area contributed by atoms with E-state index in [-0.39, 0.29) is 0 Å². The zero-order chi connectivity index (χ0) is 37.5. The zero-order valence-corrected chi connectivity index (χ0v) is 31.9. The number of hydrogen-bond donors (Lipinski definition) is 0. The Hall–Kier alpha value is -6.99. The molecule has 0 spiro atoms. The van der Waals surface area contributed by atoms with Crippen molar-refractivity contribution < 1.29 is 4.42 Å². The molecular weight excluding hydrogens is 735 g/mol. The lowest BCUT2D eigenvalue weighted by Crippen LogP contribution is -2.00. The van der Waals surface area contributed by atoms with Gasteiger partial charge in [-0.3, -0.25) is 0 Å². The molecule has 0 fully saturated rings. The fourth-order valence-corrected chi connectivity index (χ4v) is 10.6. The Morgan fingerprint density at radius 1 is 0.333 bits per heavy atom. The summed E-state index contributed by atoms with van der Waals surface area (Å²) in [4.78, 5) is 15.1. The van der Waals surface area contributed by atoms with Crippen LogP contribution in [0.3, 0.4) is 0 Å². The predicted octanol–water partition coefficient (Wildman–Crippen LogP) is 14.8. The van der Waals surface area contributed by atoms with E-state index in [1.807, 2.05) is 95.5 Å². The predicted molar refractivity (Wildman–Crippen MR) is 240 cm³/mol. The topological polar surface area (TPSA) is 51.8 Å². The normalized spacial score (nSPS) is 11.9. The molecule has 12 aromatic rings. The standard InChI is InChI=1S/C51H29N3OS2/c1-3-13-30(14-4-1)49-52-50(31-15-5-2-6-16-31)54-51(53-49)38-21-12-22-41-46(38)37-20-11-19-34(48(37)55-41)33-28-39(47-36-18-8-10-24-43(36)57-45(47)29-33)32-25-26-44-40(27-32)35-17-7-9-23-42(35)56-44/h1-29H. The third kappa shape index (κ3) is 5.22. The van der Waals surface area contributed by atoms with Gasteiger partial charge in [0, 0.05) is 73.4 Å². The molecular formula is C51H29N3OS2. The lowest BCUT2D eigenvalue weighted by Gasteiger charge is -2.11. The molecule has 12 rings (SSSR count). The number of fused-ring (bicyclic) bond motifs is 9. The van der Waals surface area contributed by atoms with Crippen molar-refractivity contribution in [3.63, 3.8) is 0 Å². The Bertz CT molecular complexity index is 3470. The van der Waals surface area contributed by atoms with Gasteiger partial charge in [0.15, 0.2) is 17.5 Å². The lowest BCUT2D eigenvalue weighted by atomic mass is 9.93. The van der Waals surface area contributed by atoms with Crippen molar-refractivity contribution in [2.45, 2.75) is 0 Å². The van der Waals surface area contributed by atoms with Gasteiger partial charge in [0.2, 0.25) is 0 Å². The van der Waals surface area contributed by atoms with Gasteiger partial charge in [0.25, 0.3) is 0 Å². The SMILES string of the molecule is c1ccc(-c2nc(-c3ccccc3)nc(-c3cccc4oc5c(-c6cc(-c7ccc8sc9ccccc9c8c7)c7c(c6)sc6ccccc67)cccc5c34)n2)cc1. The molecule has 0 radical (unpaired) electrons. The third-order valence-corrected chi connectivity index (χ3v) is 13.2. The van der Waals surface area contributed by atoms with Gasteiger partial charge in [-0.2, -0.15) is 0 Å². The number of hydrogen-bond acceptors (Lipinski definition) is 6. The maximum atomic E-state index is 6.88. The van der Waals surface area contributed by atoms with Gasteiger partial charge in [-0.25, -0.2) is 15.0 Å². The second-order valence-electron chi connectivity index (χ2n) is 14.3. The summed E-state index contributed by atoms with van der Waals surface area (Å²) in [5, 5.41) is 7.16. The Balaban J connectivity index is 1.08. The molecule has 0 aliphatic rings. The maximum Gasteiger partial charge on any atom is 0.164 e. The molecule has 0 saturated carbocycles. The summed E-state index contributed by atoms with van der Waals surface area (Å²) in [6, 6.07) is 62.0. The van der Waals surface area contributed by atoms with E-state index in [1.54, 1.807) is 0 Å². The molecule has 0 bridgehead atoms. The smallest absolute Gasteiger partial charge is 0.164 e. The highest BCUT2D eigenvalue weighted by atomic mass is 32.1. The summed E-state index contributed by atoms with van der Waals surface area (Å²) in [5.74, 6) is 1.86. The molecule has 0 unspecified atom stereocenters. The summed E-state index contributed by atoms with van der Waals surface area (Å²) >= 11 is 3.70. The number of benzene rings is 8. The number of rotatable bonds is 5. The van der Waals surface area contributed by atoms with Gasteiger partial charge in [-0.1, -0.05) is 133 Å². The zero-order valence-electron chi connectivity index (χ0n) is 30.3. The second-order valence-corrected chi connectivity index (χ2v) is 16.5. The Kier molecular flexibility index (Phi) is 7.24. The minimum absolute atomic E-state index is 0.603. The van der Waals surface area contributed by atoms with Crippen molar-refractivity contribution in [1.82, 2.24) is 15.0 Å². The first-order chi connectivity index (χ1) is 28.2. The van der Waals surface area contributed by atoms with Crippen LogP contribution in [0.1, 0.15) is 0 Å². The molecule has 6 heteroatoms. The van der Waals surface area contributed by atoms with E-state index in [4.69, 9.17) is 19.4 Å². The average Bonchev–Trinajstić information content (AvgIpc) is 3.97. The van der Waals surface area contributed by atoms with Gasteiger partial charge in [0.05, 0.1) is 0 Å². The van der Waals surface area contributed by atoms with Crippen LogP contribution in [0.15, 0.2) is 180 Å². The van der Waals surface area contributed by atoms with E-state index in [0.717, 1.165) is 49.8 Å². The van der Waals surface area contributed by atoms with Gasteiger partial charge < -0.3 is 4.42 Å². The Labute approximate surface area is 335 Å². The van der Waals surface area contributed by atoms with Crippen molar-refractivity contribution in [2.75, 3.05) is 0 Å². The van der Waals surface area contributed by atoms with Crippen molar-refractivity contribution in [3.8, 4) is 56.4 Å². The number of furan rings is 1. The van der Waals surface area contributed by atoms with Crippen molar-refractivity contribution in [1.29, 1.82) is 0 Å². The molecule has 4 nitrogen and oxygen atoms in total. The first kappa shape index (κ1) is 32.3. The van der Waals surface area contributed by atoms with Crippen LogP contribution >= 0.6 is 22.7 Å². The molecule has 0 saturated heterocycles. The van der Waals surface area contributed by atoms with E-state index in [1.165, 1.54) is 51.5 Å². The van der Waals surface area contributed by atoms with Crippen LogP contribution in [0.5, 0.6) is 0 Å². The monoisotopic (exact) mass is 763 g/mol. The minimum atomic E-state index is 0.603. The third-order valence-electron chi connectivity index (χ3n) is 10.9. The fraction of sp³-hybridized carbons (Fsp3) is 0. The molecule has 4 aromatic heterocycles. The molecule has 0 amide bonds. The molecule has 0 atom stereocenters. The summed E-state index contributed by atoms with van der Waals surface area (Å²) < 4.78 is 12.0. The number of para-hydroxylation sites is 1. The largest absolute Gasteiger partial charge is 0.455 e. The van der Waals surface area contributed by atoms with Crippen molar-refractivity contribution in [3.05, 3.63) is 176 Å². The highest BCUT2D eigenvalue weighted by Gasteiger charge is 2.21.